The Labute approximate surface area is 176 Å². The topological polar surface area (TPSA) is 61.8 Å². The minimum Gasteiger partial charge on any atom is -0.322 e. The number of aliphatic imine (C=N–C) groups is 1. The Balaban J connectivity index is 1.78. The summed E-state index contributed by atoms with van der Waals surface area (Å²) in [6, 6.07) is 14.8. The number of para-hydroxylation sites is 1. The second-order valence-electron chi connectivity index (χ2n) is 6.67. The van der Waals surface area contributed by atoms with Crippen molar-refractivity contribution in [2.75, 3.05) is 11.1 Å². The third kappa shape index (κ3) is 3.40. The van der Waals surface area contributed by atoms with Gasteiger partial charge in [-0.1, -0.05) is 58.0 Å². The van der Waals surface area contributed by atoms with Crippen molar-refractivity contribution in [3.05, 3.63) is 75.4 Å². The van der Waals surface area contributed by atoms with E-state index in [4.69, 9.17) is 0 Å². The van der Waals surface area contributed by atoms with Crippen molar-refractivity contribution in [2.45, 2.75) is 19.9 Å². The predicted molar refractivity (Wildman–Crippen MR) is 116 cm³/mol. The maximum absolute atomic E-state index is 13.3. The van der Waals surface area contributed by atoms with Crippen LogP contribution in [0.25, 0.3) is 0 Å². The number of amides is 2. The summed E-state index contributed by atoms with van der Waals surface area (Å²) in [4.78, 5) is 32.1. The molecule has 2 aliphatic heterocycles. The van der Waals surface area contributed by atoms with E-state index in [2.05, 4.69) is 26.2 Å². The first kappa shape index (κ1) is 19.0. The van der Waals surface area contributed by atoms with Gasteiger partial charge in [0.25, 0.3) is 5.91 Å². The fourth-order valence-corrected chi connectivity index (χ4v) is 4.60. The minimum absolute atomic E-state index is 0.0367. The number of carbonyl (C=O) groups is 2. The van der Waals surface area contributed by atoms with Crippen LogP contribution < -0.4 is 5.32 Å². The zero-order chi connectivity index (χ0) is 19.8. The van der Waals surface area contributed by atoms with Crippen LogP contribution in [-0.2, 0) is 9.59 Å². The molecule has 1 atom stereocenters. The lowest BCUT2D eigenvalue weighted by atomic mass is 9.93. The molecule has 4 rings (SSSR count). The lowest BCUT2D eigenvalue weighted by Crippen LogP contribution is -2.40. The van der Waals surface area contributed by atoms with E-state index in [1.54, 1.807) is 4.90 Å². The predicted octanol–water partition coefficient (Wildman–Crippen LogP) is 4.66. The number of aryl methyl sites for hydroxylation is 1. The summed E-state index contributed by atoms with van der Waals surface area (Å²) < 4.78 is 0.940. The number of allylic oxidation sites excluding steroid dienone is 1. The van der Waals surface area contributed by atoms with Crippen LogP contribution in [0, 0.1) is 6.92 Å². The molecule has 7 heteroatoms. The van der Waals surface area contributed by atoms with E-state index in [0.29, 0.717) is 22.2 Å². The number of thioether (sulfide) groups is 1. The number of rotatable bonds is 3. The normalized spacial score (nSPS) is 18.8. The van der Waals surface area contributed by atoms with Crippen LogP contribution in [0.2, 0.25) is 0 Å². The average Bonchev–Trinajstić information content (AvgIpc) is 3.03. The number of nitrogens with one attached hydrogen (secondary N) is 1. The summed E-state index contributed by atoms with van der Waals surface area (Å²) in [5.41, 5.74) is 3.72. The smallest absolute Gasteiger partial charge is 0.255 e. The van der Waals surface area contributed by atoms with Gasteiger partial charge in [-0.3, -0.25) is 14.5 Å². The van der Waals surface area contributed by atoms with Gasteiger partial charge in [-0.15, -0.1) is 0 Å². The zero-order valence-electron chi connectivity index (χ0n) is 15.4. The highest BCUT2D eigenvalue weighted by molar-refractivity contribution is 9.10. The van der Waals surface area contributed by atoms with E-state index in [0.717, 1.165) is 21.3 Å². The number of carbonyl (C=O) groups excluding carboxylic acids is 2. The summed E-state index contributed by atoms with van der Waals surface area (Å²) >= 11 is 4.86. The second kappa shape index (κ2) is 7.56. The van der Waals surface area contributed by atoms with Gasteiger partial charge in [0, 0.05) is 10.2 Å². The fourth-order valence-electron chi connectivity index (χ4n) is 3.40. The van der Waals surface area contributed by atoms with E-state index >= 15 is 0 Å². The summed E-state index contributed by atoms with van der Waals surface area (Å²) in [5.74, 6) is 0.0591. The molecule has 1 saturated heterocycles. The first-order valence-electron chi connectivity index (χ1n) is 8.82. The summed E-state index contributed by atoms with van der Waals surface area (Å²) in [6.07, 6.45) is 0. The van der Waals surface area contributed by atoms with Gasteiger partial charge >= 0.3 is 0 Å². The van der Waals surface area contributed by atoms with Crippen molar-refractivity contribution in [2.24, 2.45) is 4.99 Å². The van der Waals surface area contributed by atoms with Gasteiger partial charge in [-0.25, -0.2) is 4.99 Å². The molecule has 1 N–H and O–H groups in total. The molecule has 2 amide bonds. The average molecular weight is 456 g/mol. The van der Waals surface area contributed by atoms with Crippen molar-refractivity contribution in [1.82, 2.24) is 4.90 Å². The minimum atomic E-state index is -0.493. The molecular formula is C21H18BrN3O2S. The van der Waals surface area contributed by atoms with E-state index in [9.17, 15) is 9.59 Å². The maximum Gasteiger partial charge on any atom is 0.255 e. The molecule has 1 fully saturated rings. The van der Waals surface area contributed by atoms with E-state index in [1.165, 1.54) is 11.8 Å². The van der Waals surface area contributed by atoms with Crippen LogP contribution in [0.4, 0.5) is 5.69 Å². The van der Waals surface area contributed by atoms with Crippen LogP contribution >= 0.6 is 27.7 Å². The molecule has 2 aliphatic rings. The number of benzene rings is 2. The van der Waals surface area contributed by atoms with E-state index in [-0.39, 0.29) is 11.8 Å². The molecule has 0 saturated carbocycles. The Morgan fingerprint density at radius 2 is 1.89 bits per heavy atom. The number of fused-ring (bicyclic) bond motifs is 1. The van der Waals surface area contributed by atoms with Crippen molar-refractivity contribution in [1.29, 1.82) is 0 Å². The Hall–Kier alpha value is -2.38. The van der Waals surface area contributed by atoms with Crippen molar-refractivity contribution in [3.8, 4) is 0 Å². The highest BCUT2D eigenvalue weighted by Gasteiger charge is 2.42. The van der Waals surface area contributed by atoms with Gasteiger partial charge < -0.3 is 5.32 Å². The number of hydrogen-bond acceptors (Lipinski definition) is 4. The Kier molecular flexibility index (Phi) is 5.12. The quantitative estimate of drug-likeness (QED) is 0.731. The third-order valence-corrected chi connectivity index (χ3v) is 6.27. The van der Waals surface area contributed by atoms with Crippen LogP contribution in [0.5, 0.6) is 0 Å². The van der Waals surface area contributed by atoms with Gasteiger partial charge in [-0.05, 0) is 43.2 Å². The largest absolute Gasteiger partial charge is 0.322 e. The number of halogens is 1. The molecule has 28 heavy (non-hydrogen) atoms. The highest BCUT2D eigenvalue weighted by atomic mass is 79.9. The van der Waals surface area contributed by atoms with Crippen molar-refractivity contribution in [3.63, 3.8) is 0 Å². The van der Waals surface area contributed by atoms with E-state index in [1.807, 2.05) is 62.4 Å². The molecule has 0 aliphatic carbocycles. The molecule has 142 valence electrons. The Morgan fingerprint density at radius 1 is 1.18 bits per heavy atom. The molecule has 0 radical (unpaired) electrons. The standard InChI is InChI=1S/C21H18BrN3O2S/c1-12-5-3-4-6-16(12)24-20(27)18-13(2)23-21-25(17(26)11-28-21)19(18)14-7-9-15(22)10-8-14/h3-10,19H,11H2,1-2H3,(H,24,27)/t19-/m1/s1. The molecule has 0 bridgehead atoms. The molecule has 0 spiro atoms. The maximum atomic E-state index is 13.3. The lowest BCUT2D eigenvalue weighted by molar-refractivity contribution is -0.125. The van der Waals surface area contributed by atoms with Gasteiger partial charge in [-0.2, -0.15) is 0 Å². The molecule has 5 nitrogen and oxygen atoms in total. The molecule has 2 heterocycles. The third-order valence-electron chi connectivity index (χ3n) is 4.81. The molecule has 0 unspecified atom stereocenters. The van der Waals surface area contributed by atoms with Crippen LogP contribution in [0.3, 0.4) is 0 Å². The van der Waals surface area contributed by atoms with Gasteiger partial charge in [0.15, 0.2) is 5.17 Å². The first-order valence-corrected chi connectivity index (χ1v) is 10.6. The van der Waals surface area contributed by atoms with Crippen LogP contribution in [0.15, 0.2) is 69.3 Å². The molecule has 0 aromatic heterocycles. The fraction of sp³-hybridized carbons (Fsp3) is 0.190. The van der Waals surface area contributed by atoms with Gasteiger partial charge in [0.2, 0.25) is 5.91 Å². The zero-order valence-corrected chi connectivity index (χ0v) is 17.8. The molecular weight excluding hydrogens is 438 g/mol. The first-order chi connectivity index (χ1) is 13.5. The van der Waals surface area contributed by atoms with Gasteiger partial charge in [0.05, 0.1) is 23.1 Å². The van der Waals surface area contributed by atoms with Gasteiger partial charge in [0.1, 0.15) is 0 Å². The Morgan fingerprint density at radius 3 is 2.61 bits per heavy atom. The monoisotopic (exact) mass is 455 g/mol. The lowest BCUT2D eigenvalue weighted by Gasteiger charge is -2.33. The van der Waals surface area contributed by atoms with Crippen molar-refractivity contribution < 1.29 is 9.59 Å². The summed E-state index contributed by atoms with van der Waals surface area (Å²) in [7, 11) is 0. The number of anilines is 1. The second-order valence-corrected chi connectivity index (χ2v) is 8.53. The van der Waals surface area contributed by atoms with Crippen LogP contribution in [0.1, 0.15) is 24.1 Å². The number of amidine groups is 1. The Bertz CT molecular complexity index is 1030. The highest BCUT2D eigenvalue weighted by Crippen LogP contribution is 2.41. The molecule has 2 aromatic rings. The molecule has 2 aromatic carbocycles. The number of hydrogen-bond donors (Lipinski definition) is 1. The van der Waals surface area contributed by atoms with Crippen LogP contribution in [-0.4, -0.2) is 27.6 Å². The SMILES string of the molecule is CC1=C(C(=O)Nc2ccccc2C)[C@@H](c2ccc(Br)cc2)N2C(=O)CSC2=N1. The van der Waals surface area contributed by atoms with Crippen molar-refractivity contribution >= 4 is 50.4 Å². The summed E-state index contributed by atoms with van der Waals surface area (Å²) in [6.45, 7) is 3.77. The van der Waals surface area contributed by atoms with E-state index < -0.39 is 6.04 Å². The number of nitrogens with zero attached hydrogens (tertiary/aromatic N) is 2. The summed E-state index contributed by atoms with van der Waals surface area (Å²) in [5, 5.41) is 3.65.